The zero-order chi connectivity index (χ0) is 15.1. The number of anilines is 1. The first-order valence-electron chi connectivity index (χ1n) is 7.36. The van der Waals surface area contributed by atoms with Crippen molar-refractivity contribution in [3.05, 3.63) is 18.1 Å². The number of morpholine rings is 1. The van der Waals surface area contributed by atoms with Crippen molar-refractivity contribution in [2.24, 2.45) is 0 Å². The molecular weight excluding hydrogens is 270 g/mol. The van der Waals surface area contributed by atoms with Crippen molar-refractivity contribution in [2.45, 2.75) is 19.9 Å². The summed E-state index contributed by atoms with van der Waals surface area (Å²) in [5.74, 6) is 0.425. The van der Waals surface area contributed by atoms with Crippen molar-refractivity contribution in [3.63, 3.8) is 0 Å². The van der Waals surface area contributed by atoms with E-state index in [2.05, 4.69) is 25.5 Å². The van der Waals surface area contributed by atoms with Crippen LogP contribution < -0.4 is 10.6 Å². The van der Waals surface area contributed by atoms with Gasteiger partial charge in [-0.3, -0.25) is 14.7 Å². The number of rotatable bonds is 6. The molecule has 1 saturated heterocycles. The van der Waals surface area contributed by atoms with Crippen molar-refractivity contribution < 1.29 is 9.53 Å². The van der Waals surface area contributed by atoms with Crippen LogP contribution >= 0.6 is 0 Å². The van der Waals surface area contributed by atoms with Gasteiger partial charge in [-0.1, -0.05) is 0 Å². The number of nitrogens with zero attached hydrogens (tertiary/aromatic N) is 3. The summed E-state index contributed by atoms with van der Waals surface area (Å²) < 4.78 is 5.31. The van der Waals surface area contributed by atoms with Gasteiger partial charge in [-0.25, -0.2) is 4.98 Å². The number of ether oxygens (including phenoxy) is 1. The molecule has 1 aliphatic heterocycles. The monoisotopic (exact) mass is 293 g/mol. The standard InChI is InChI=1S/C14H23N5O2/c1-3-16-13-9-15-8-12(18-13)14(20)17-11(2)10-19-4-6-21-7-5-19/h8-9,11H,3-7,10H2,1-2H3,(H,16,18)(H,17,20). The van der Waals surface area contributed by atoms with E-state index in [1.807, 2.05) is 13.8 Å². The molecule has 1 fully saturated rings. The van der Waals surface area contributed by atoms with Crippen LogP contribution in [0.15, 0.2) is 12.4 Å². The molecule has 0 aromatic carbocycles. The lowest BCUT2D eigenvalue weighted by atomic mass is 10.2. The number of hydrogen-bond acceptors (Lipinski definition) is 6. The van der Waals surface area contributed by atoms with Crippen LogP contribution in [-0.4, -0.2) is 66.2 Å². The first-order valence-corrected chi connectivity index (χ1v) is 7.36. The second-order valence-corrected chi connectivity index (χ2v) is 5.11. The fourth-order valence-electron chi connectivity index (χ4n) is 2.26. The number of amides is 1. The smallest absolute Gasteiger partial charge is 0.271 e. The van der Waals surface area contributed by atoms with Gasteiger partial charge in [-0.2, -0.15) is 0 Å². The molecule has 2 heterocycles. The maximum absolute atomic E-state index is 12.2. The summed E-state index contributed by atoms with van der Waals surface area (Å²) in [4.78, 5) is 22.7. The Morgan fingerprint density at radius 1 is 1.43 bits per heavy atom. The molecule has 0 bridgehead atoms. The topological polar surface area (TPSA) is 79.4 Å². The Hall–Kier alpha value is -1.73. The molecule has 2 N–H and O–H groups in total. The van der Waals surface area contributed by atoms with E-state index in [1.165, 1.54) is 6.20 Å². The van der Waals surface area contributed by atoms with E-state index in [0.29, 0.717) is 11.5 Å². The molecule has 2 rings (SSSR count). The van der Waals surface area contributed by atoms with Crippen LogP contribution in [0.4, 0.5) is 5.82 Å². The molecule has 1 unspecified atom stereocenters. The maximum atomic E-state index is 12.2. The molecule has 1 atom stereocenters. The molecule has 0 saturated carbocycles. The predicted octanol–water partition coefficient (Wildman–Crippen LogP) is 0.359. The van der Waals surface area contributed by atoms with Crippen LogP contribution in [-0.2, 0) is 4.74 Å². The zero-order valence-electron chi connectivity index (χ0n) is 12.6. The summed E-state index contributed by atoms with van der Waals surface area (Å²) in [7, 11) is 0. The van der Waals surface area contributed by atoms with Gasteiger partial charge in [-0.05, 0) is 13.8 Å². The molecule has 1 aromatic rings. The van der Waals surface area contributed by atoms with Gasteiger partial charge in [0.1, 0.15) is 11.5 Å². The minimum atomic E-state index is -0.192. The summed E-state index contributed by atoms with van der Waals surface area (Å²) in [5, 5.41) is 6.01. The summed E-state index contributed by atoms with van der Waals surface area (Å²) in [6, 6.07) is 0.0557. The minimum absolute atomic E-state index is 0.0557. The lowest BCUT2D eigenvalue weighted by Crippen LogP contribution is -2.46. The third kappa shape index (κ3) is 4.95. The molecule has 1 aliphatic rings. The average Bonchev–Trinajstić information content (AvgIpc) is 2.48. The number of aromatic nitrogens is 2. The minimum Gasteiger partial charge on any atom is -0.379 e. The third-order valence-electron chi connectivity index (χ3n) is 3.24. The van der Waals surface area contributed by atoms with Gasteiger partial charge >= 0.3 is 0 Å². The molecule has 0 aliphatic carbocycles. The number of carbonyl (C=O) groups is 1. The van der Waals surface area contributed by atoms with E-state index >= 15 is 0 Å². The fraction of sp³-hybridized carbons (Fsp3) is 0.643. The Labute approximate surface area is 125 Å². The van der Waals surface area contributed by atoms with E-state index in [1.54, 1.807) is 6.20 Å². The second-order valence-electron chi connectivity index (χ2n) is 5.11. The van der Waals surface area contributed by atoms with Gasteiger partial charge in [0.2, 0.25) is 0 Å². The fourth-order valence-corrected chi connectivity index (χ4v) is 2.26. The Bertz CT molecular complexity index is 462. The van der Waals surface area contributed by atoms with Gasteiger partial charge in [0.25, 0.3) is 5.91 Å². The lowest BCUT2D eigenvalue weighted by molar-refractivity contribution is 0.0342. The Morgan fingerprint density at radius 3 is 2.90 bits per heavy atom. The van der Waals surface area contributed by atoms with Gasteiger partial charge < -0.3 is 15.4 Å². The molecule has 7 heteroatoms. The highest BCUT2D eigenvalue weighted by Gasteiger charge is 2.16. The Morgan fingerprint density at radius 2 is 2.19 bits per heavy atom. The lowest BCUT2D eigenvalue weighted by Gasteiger charge is -2.29. The number of carbonyl (C=O) groups excluding carboxylic acids is 1. The molecule has 1 amide bonds. The summed E-state index contributed by atoms with van der Waals surface area (Å²) in [6.07, 6.45) is 3.09. The van der Waals surface area contributed by atoms with E-state index in [9.17, 15) is 4.79 Å². The van der Waals surface area contributed by atoms with Crippen molar-refractivity contribution in [2.75, 3.05) is 44.7 Å². The molecule has 1 aromatic heterocycles. The highest BCUT2D eigenvalue weighted by atomic mass is 16.5. The number of hydrogen-bond donors (Lipinski definition) is 2. The first kappa shape index (κ1) is 15.7. The second kappa shape index (κ2) is 7.90. The number of nitrogens with one attached hydrogen (secondary N) is 2. The van der Waals surface area contributed by atoms with Crippen molar-refractivity contribution >= 4 is 11.7 Å². The molecule has 0 spiro atoms. The molecule has 21 heavy (non-hydrogen) atoms. The van der Waals surface area contributed by atoms with Crippen LogP contribution in [0.3, 0.4) is 0 Å². The normalized spacial score (nSPS) is 17.2. The highest BCUT2D eigenvalue weighted by Crippen LogP contribution is 2.03. The summed E-state index contributed by atoms with van der Waals surface area (Å²) in [6.45, 7) is 8.87. The Kier molecular flexibility index (Phi) is 5.89. The summed E-state index contributed by atoms with van der Waals surface area (Å²) in [5.41, 5.74) is 0.335. The van der Waals surface area contributed by atoms with Crippen LogP contribution in [0.2, 0.25) is 0 Å². The van der Waals surface area contributed by atoms with Gasteiger partial charge in [0.05, 0.1) is 25.6 Å². The zero-order valence-corrected chi connectivity index (χ0v) is 12.6. The Balaban J connectivity index is 1.86. The molecule has 116 valence electrons. The van der Waals surface area contributed by atoms with Crippen LogP contribution in [0.25, 0.3) is 0 Å². The average molecular weight is 293 g/mol. The molecule has 7 nitrogen and oxygen atoms in total. The van der Waals surface area contributed by atoms with Crippen LogP contribution in [0.5, 0.6) is 0 Å². The van der Waals surface area contributed by atoms with Gasteiger partial charge in [-0.15, -0.1) is 0 Å². The van der Waals surface area contributed by atoms with E-state index in [0.717, 1.165) is 39.4 Å². The van der Waals surface area contributed by atoms with E-state index in [-0.39, 0.29) is 11.9 Å². The maximum Gasteiger partial charge on any atom is 0.271 e. The first-order chi connectivity index (χ1) is 10.2. The largest absolute Gasteiger partial charge is 0.379 e. The van der Waals surface area contributed by atoms with Crippen LogP contribution in [0, 0.1) is 0 Å². The van der Waals surface area contributed by atoms with Crippen molar-refractivity contribution in [3.8, 4) is 0 Å². The quantitative estimate of drug-likeness (QED) is 0.788. The SMILES string of the molecule is CCNc1cncc(C(=O)NC(C)CN2CCOCC2)n1. The van der Waals surface area contributed by atoms with Gasteiger partial charge in [0, 0.05) is 32.2 Å². The highest BCUT2D eigenvalue weighted by molar-refractivity contribution is 5.92. The summed E-state index contributed by atoms with van der Waals surface area (Å²) >= 11 is 0. The molecular formula is C14H23N5O2. The van der Waals surface area contributed by atoms with E-state index in [4.69, 9.17) is 4.74 Å². The van der Waals surface area contributed by atoms with Crippen molar-refractivity contribution in [1.82, 2.24) is 20.2 Å². The van der Waals surface area contributed by atoms with Gasteiger partial charge in [0.15, 0.2) is 0 Å². The molecule has 0 radical (unpaired) electrons. The van der Waals surface area contributed by atoms with E-state index < -0.39 is 0 Å². The van der Waals surface area contributed by atoms with Crippen LogP contribution in [0.1, 0.15) is 24.3 Å². The third-order valence-corrected chi connectivity index (χ3v) is 3.24. The predicted molar refractivity (Wildman–Crippen MR) is 80.4 cm³/mol. The van der Waals surface area contributed by atoms with Crippen molar-refractivity contribution in [1.29, 1.82) is 0 Å².